The van der Waals surface area contributed by atoms with Crippen molar-refractivity contribution in [1.29, 1.82) is 0 Å². The molecule has 0 bridgehead atoms. The molecule has 1 spiro atoms. The highest BCUT2D eigenvalue weighted by Gasteiger charge is 2.71. The van der Waals surface area contributed by atoms with Crippen molar-refractivity contribution in [2.75, 3.05) is 12.1 Å². The summed E-state index contributed by atoms with van der Waals surface area (Å²) in [4.78, 5) is 41.9. The number of amides is 3. The van der Waals surface area contributed by atoms with E-state index in [9.17, 15) is 19.5 Å². The van der Waals surface area contributed by atoms with Crippen LogP contribution in [-0.4, -0.2) is 46.7 Å². The van der Waals surface area contributed by atoms with E-state index in [1.165, 1.54) is 4.90 Å². The summed E-state index contributed by atoms with van der Waals surface area (Å²) in [5.41, 5.74) is 1.47. The van der Waals surface area contributed by atoms with E-state index in [0.717, 1.165) is 5.56 Å². The van der Waals surface area contributed by atoms with E-state index in [2.05, 4.69) is 10.6 Å². The van der Waals surface area contributed by atoms with Crippen molar-refractivity contribution >= 4 is 23.4 Å². The van der Waals surface area contributed by atoms with Crippen LogP contribution in [0.25, 0.3) is 0 Å². The van der Waals surface area contributed by atoms with Crippen LogP contribution < -0.4 is 20.1 Å². The molecule has 3 N–H and O–H groups in total. The molecular weight excluding hydrogens is 426 g/mol. The van der Waals surface area contributed by atoms with E-state index in [4.69, 9.17) is 9.47 Å². The van der Waals surface area contributed by atoms with Crippen LogP contribution in [0.2, 0.25) is 0 Å². The number of hydrogen-bond acceptors (Lipinski definition) is 7. The van der Waals surface area contributed by atoms with Gasteiger partial charge in [0.25, 0.3) is 0 Å². The summed E-state index contributed by atoms with van der Waals surface area (Å²) in [6.07, 6.45) is -0.944. The fourth-order valence-electron chi connectivity index (χ4n) is 5.70. The number of aryl methyl sites for hydroxylation is 1. The van der Waals surface area contributed by atoms with Gasteiger partial charge in [-0.2, -0.15) is 0 Å². The zero-order chi connectivity index (χ0) is 23.1. The monoisotopic (exact) mass is 449 g/mol. The van der Waals surface area contributed by atoms with E-state index in [1.807, 2.05) is 19.1 Å². The number of rotatable bonds is 3. The maximum Gasteiger partial charge on any atom is 0.250 e. The molecule has 9 nitrogen and oxygen atoms in total. The van der Waals surface area contributed by atoms with Crippen molar-refractivity contribution < 1.29 is 29.0 Å². The van der Waals surface area contributed by atoms with E-state index < -0.39 is 41.3 Å². The second kappa shape index (κ2) is 6.79. The Kier molecular flexibility index (Phi) is 4.15. The van der Waals surface area contributed by atoms with Gasteiger partial charge in [-0.3, -0.25) is 24.6 Å². The Morgan fingerprint density at radius 2 is 1.91 bits per heavy atom. The van der Waals surface area contributed by atoms with Gasteiger partial charge < -0.3 is 19.9 Å². The molecule has 0 aromatic heterocycles. The van der Waals surface area contributed by atoms with Crippen LogP contribution in [-0.2, 0) is 26.5 Å². The Bertz CT molecular complexity index is 1230. The first-order valence-electron chi connectivity index (χ1n) is 10.9. The average molecular weight is 449 g/mol. The van der Waals surface area contributed by atoms with Crippen LogP contribution in [0.3, 0.4) is 0 Å². The molecule has 4 heterocycles. The van der Waals surface area contributed by atoms with Crippen LogP contribution in [0.15, 0.2) is 36.4 Å². The van der Waals surface area contributed by atoms with Crippen LogP contribution in [0.5, 0.6) is 11.5 Å². The predicted octanol–water partition coefficient (Wildman–Crippen LogP) is 1.03. The molecule has 0 saturated carbocycles. The molecule has 2 aromatic carbocycles. The Morgan fingerprint density at radius 1 is 1.12 bits per heavy atom. The number of nitrogens with zero attached hydrogens (tertiary/aromatic N) is 1. The molecular formula is C24H23N3O6. The Labute approximate surface area is 189 Å². The number of anilines is 1. The maximum atomic E-state index is 13.8. The molecule has 5 atom stereocenters. The molecule has 170 valence electrons. The topological polar surface area (TPSA) is 117 Å². The number of aliphatic hydroxyl groups excluding tert-OH is 1. The molecule has 2 saturated heterocycles. The van der Waals surface area contributed by atoms with Gasteiger partial charge in [0.15, 0.2) is 11.5 Å². The number of aliphatic hydroxyl groups is 1. The van der Waals surface area contributed by atoms with Gasteiger partial charge in [-0.05, 0) is 37.6 Å². The number of imide groups is 1. The van der Waals surface area contributed by atoms with E-state index in [-0.39, 0.29) is 19.2 Å². The number of ether oxygens (including phenoxy) is 2. The van der Waals surface area contributed by atoms with E-state index in [1.54, 1.807) is 31.2 Å². The third-order valence-electron chi connectivity index (χ3n) is 7.19. The fraction of sp³-hybridized carbons (Fsp3) is 0.375. The van der Waals surface area contributed by atoms with Crippen LogP contribution in [0, 0.1) is 18.8 Å². The minimum atomic E-state index is -1.41. The summed E-state index contributed by atoms with van der Waals surface area (Å²) < 4.78 is 10.7. The zero-order valence-electron chi connectivity index (χ0n) is 18.1. The van der Waals surface area contributed by atoms with Crippen molar-refractivity contribution in [2.24, 2.45) is 11.8 Å². The Hall–Kier alpha value is -3.43. The molecule has 6 rings (SSSR count). The third kappa shape index (κ3) is 2.63. The van der Waals surface area contributed by atoms with E-state index >= 15 is 0 Å². The number of hydrogen-bond donors (Lipinski definition) is 3. The lowest BCUT2D eigenvalue weighted by Gasteiger charge is -2.30. The third-order valence-corrected chi connectivity index (χ3v) is 7.19. The van der Waals surface area contributed by atoms with Crippen molar-refractivity contribution in [3.05, 3.63) is 53.1 Å². The first-order valence-corrected chi connectivity index (χ1v) is 10.9. The van der Waals surface area contributed by atoms with Gasteiger partial charge in [0.2, 0.25) is 24.5 Å². The quantitative estimate of drug-likeness (QED) is 0.599. The molecule has 0 unspecified atom stereocenters. The lowest BCUT2D eigenvalue weighted by Crippen LogP contribution is -2.54. The molecule has 0 radical (unpaired) electrons. The normalized spacial score (nSPS) is 30.1. The fourth-order valence-corrected chi connectivity index (χ4v) is 5.70. The SMILES string of the molecule is Cc1ccc2c(c1)[C@@]1(N[C@H]([C@H](C)O)[C@H]3C(=O)N(Cc4ccc5c(c4)OCO5)C(=O)[C@H]31)C(=O)N2. The molecule has 33 heavy (non-hydrogen) atoms. The summed E-state index contributed by atoms with van der Waals surface area (Å²) >= 11 is 0. The first kappa shape index (κ1) is 20.2. The first-order chi connectivity index (χ1) is 15.8. The Balaban J connectivity index is 1.42. The highest BCUT2D eigenvalue weighted by molar-refractivity contribution is 6.15. The van der Waals surface area contributed by atoms with Gasteiger partial charge in [-0.1, -0.05) is 23.8 Å². The van der Waals surface area contributed by atoms with Crippen molar-refractivity contribution in [3.63, 3.8) is 0 Å². The van der Waals surface area contributed by atoms with Gasteiger partial charge in [0.1, 0.15) is 5.54 Å². The summed E-state index contributed by atoms with van der Waals surface area (Å²) in [5, 5.41) is 16.6. The van der Waals surface area contributed by atoms with Gasteiger partial charge in [-0.25, -0.2) is 0 Å². The smallest absolute Gasteiger partial charge is 0.250 e. The van der Waals surface area contributed by atoms with Gasteiger partial charge in [0, 0.05) is 17.3 Å². The van der Waals surface area contributed by atoms with Crippen molar-refractivity contribution in [1.82, 2.24) is 10.2 Å². The minimum Gasteiger partial charge on any atom is -0.454 e. The van der Waals surface area contributed by atoms with E-state index in [0.29, 0.717) is 28.3 Å². The number of nitrogens with one attached hydrogen (secondary N) is 2. The second-order valence-electron chi connectivity index (χ2n) is 9.18. The summed E-state index contributed by atoms with van der Waals surface area (Å²) in [6.45, 7) is 3.65. The number of fused-ring (bicyclic) bond motifs is 5. The van der Waals surface area contributed by atoms with Crippen molar-refractivity contribution in [3.8, 4) is 11.5 Å². The lowest BCUT2D eigenvalue weighted by atomic mass is 9.76. The molecule has 9 heteroatoms. The van der Waals surface area contributed by atoms with Crippen LogP contribution in [0.4, 0.5) is 5.69 Å². The van der Waals surface area contributed by atoms with Gasteiger partial charge in [0.05, 0.1) is 24.5 Å². The van der Waals surface area contributed by atoms with Gasteiger partial charge in [-0.15, -0.1) is 0 Å². The second-order valence-corrected chi connectivity index (χ2v) is 9.18. The predicted molar refractivity (Wildman–Crippen MR) is 115 cm³/mol. The molecule has 0 aliphatic carbocycles. The number of benzene rings is 2. The van der Waals surface area contributed by atoms with Crippen molar-refractivity contribution in [2.45, 2.75) is 38.1 Å². The van der Waals surface area contributed by atoms with Crippen LogP contribution >= 0.6 is 0 Å². The molecule has 2 fully saturated rings. The zero-order valence-corrected chi connectivity index (χ0v) is 18.1. The number of carbonyl (C=O) groups excluding carboxylic acids is 3. The molecule has 3 amide bonds. The molecule has 4 aliphatic heterocycles. The molecule has 2 aromatic rings. The highest BCUT2D eigenvalue weighted by atomic mass is 16.7. The molecule has 4 aliphatic rings. The number of carbonyl (C=O) groups is 3. The number of likely N-dealkylation sites (tertiary alicyclic amines) is 1. The lowest BCUT2D eigenvalue weighted by molar-refractivity contribution is -0.143. The summed E-state index contributed by atoms with van der Waals surface area (Å²) in [5.74, 6) is -1.85. The summed E-state index contributed by atoms with van der Waals surface area (Å²) in [7, 11) is 0. The van der Waals surface area contributed by atoms with Gasteiger partial charge >= 0.3 is 0 Å². The van der Waals surface area contributed by atoms with Crippen LogP contribution in [0.1, 0.15) is 23.6 Å². The summed E-state index contributed by atoms with van der Waals surface area (Å²) in [6, 6.07) is 10.1. The minimum absolute atomic E-state index is 0.0478. The average Bonchev–Trinajstić information content (AvgIpc) is 3.51. The Morgan fingerprint density at radius 3 is 2.70 bits per heavy atom. The highest BCUT2D eigenvalue weighted by Crippen LogP contribution is 2.53. The maximum absolute atomic E-state index is 13.8. The largest absolute Gasteiger partial charge is 0.454 e. The standard InChI is InChI=1S/C24H23N3O6/c1-11-3-5-15-14(7-11)24(23(31)25-15)19-18(20(26-24)12(2)28)21(29)27(22(19)30)9-13-4-6-16-17(8-13)33-10-32-16/h3-8,12,18-20,26,28H,9-10H2,1-2H3,(H,25,31)/t12-,18-,19-,20+,24-/m0/s1.